The van der Waals surface area contributed by atoms with Crippen molar-refractivity contribution >= 4 is 17.7 Å². The van der Waals surface area contributed by atoms with E-state index in [1.807, 2.05) is 12.1 Å². The minimum Gasteiger partial charge on any atom is -0.381 e. The number of hydrogen-bond acceptors (Lipinski definition) is 5. The first kappa shape index (κ1) is 23.9. The third-order valence-electron chi connectivity index (χ3n) is 5.14. The van der Waals surface area contributed by atoms with Crippen LogP contribution in [0.5, 0.6) is 0 Å². The van der Waals surface area contributed by atoms with Crippen LogP contribution in [0.3, 0.4) is 0 Å². The Morgan fingerprint density at radius 1 is 1.33 bits per heavy atom. The number of amides is 1. The van der Waals surface area contributed by atoms with Gasteiger partial charge in [0.1, 0.15) is 5.82 Å². The second-order valence-corrected chi connectivity index (χ2v) is 7.62. The first-order chi connectivity index (χ1) is 14.7. The van der Waals surface area contributed by atoms with Crippen LogP contribution in [0.2, 0.25) is 0 Å². The monoisotopic (exact) mass is 418 g/mol. The number of piperidine rings is 1. The fourth-order valence-corrected chi connectivity index (χ4v) is 3.48. The number of guanidine groups is 1. The summed E-state index contributed by atoms with van der Waals surface area (Å²) in [5.74, 6) is 1.34. The van der Waals surface area contributed by atoms with Gasteiger partial charge >= 0.3 is 0 Å². The topological polar surface area (TPSA) is 105 Å². The normalized spacial score (nSPS) is 17.1. The van der Waals surface area contributed by atoms with Crippen molar-refractivity contribution in [3.63, 3.8) is 0 Å². The molecule has 1 aromatic heterocycles. The zero-order valence-corrected chi connectivity index (χ0v) is 18.5. The van der Waals surface area contributed by atoms with Gasteiger partial charge in [0.15, 0.2) is 5.96 Å². The molecule has 1 aromatic rings. The van der Waals surface area contributed by atoms with Crippen molar-refractivity contribution in [1.82, 2.24) is 15.6 Å². The molecule has 30 heavy (non-hydrogen) atoms. The van der Waals surface area contributed by atoms with Crippen molar-refractivity contribution in [3.8, 4) is 0 Å². The van der Waals surface area contributed by atoms with Crippen LogP contribution in [-0.4, -0.2) is 56.2 Å². The molecule has 8 nitrogen and oxygen atoms in total. The average Bonchev–Trinajstić information content (AvgIpc) is 2.77. The van der Waals surface area contributed by atoms with E-state index >= 15 is 0 Å². The highest BCUT2D eigenvalue weighted by molar-refractivity contribution is 5.80. The number of hydrogen-bond donors (Lipinski definition) is 3. The lowest BCUT2D eigenvalue weighted by atomic mass is 9.97. The molecule has 4 N–H and O–H groups in total. The minimum atomic E-state index is -0.229. The summed E-state index contributed by atoms with van der Waals surface area (Å²) in [4.78, 5) is 23.1. The Morgan fingerprint density at radius 2 is 2.17 bits per heavy atom. The summed E-state index contributed by atoms with van der Waals surface area (Å²) >= 11 is 0. The van der Waals surface area contributed by atoms with E-state index in [9.17, 15) is 4.79 Å². The number of aromatic nitrogens is 1. The summed E-state index contributed by atoms with van der Waals surface area (Å²) in [5.41, 5.74) is 6.58. The van der Waals surface area contributed by atoms with E-state index < -0.39 is 0 Å². The third kappa shape index (κ3) is 8.18. The number of carbonyl (C=O) groups is 1. The van der Waals surface area contributed by atoms with Crippen molar-refractivity contribution in [2.24, 2.45) is 16.6 Å². The summed E-state index contributed by atoms with van der Waals surface area (Å²) < 4.78 is 5.61. The van der Waals surface area contributed by atoms with Gasteiger partial charge in [-0.05, 0) is 38.7 Å². The zero-order valence-electron chi connectivity index (χ0n) is 18.5. The third-order valence-corrected chi connectivity index (χ3v) is 5.14. The van der Waals surface area contributed by atoms with Gasteiger partial charge in [-0.3, -0.25) is 4.79 Å². The fourth-order valence-electron chi connectivity index (χ4n) is 3.48. The Bertz CT molecular complexity index is 667. The second-order valence-electron chi connectivity index (χ2n) is 7.62. The van der Waals surface area contributed by atoms with Gasteiger partial charge < -0.3 is 26.0 Å². The number of nitrogens with two attached hydrogens (primary N) is 1. The SMILES string of the molecule is CCCCOCCCNC(=NCc1cccnc1N1CCCC(C(N)=O)C1)NCC. The van der Waals surface area contributed by atoms with Crippen molar-refractivity contribution in [3.05, 3.63) is 23.9 Å². The molecule has 168 valence electrons. The number of nitrogens with zero attached hydrogens (tertiary/aromatic N) is 3. The molecule has 0 spiro atoms. The summed E-state index contributed by atoms with van der Waals surface area (Å²) in [7, 11) is 0. The van der Waals surface area contributed by atoms with E-state index in [-0.39, 0.29) is 11.8 Å². The molecule has 1 atom stereocenters. The van der Waals surface area contributed by atoms with E-state index in [0.717, 1.165) is 82.3 Å². The number of aliphatic imine (C=N–C) groups is 1. The van der Waals surface area contributed by atoms with Gasteiger partial charge in [-0.15, -0.1) is 0 Å². The van der Waals surface area contributed by atoms with Crippen molar-refractivity contribution in [2.75, 3.05) is 44.3 Å². The first-order valence-electron chi connectivity index (χ1n) is 11.2. The van der Waals surface area contributed by atoms with Crippen LogP contribution in [-0.2, 0) is 16.1 Å². The molecule has 2 rings (SSSR count). The largest absolute Gasteiger partial charge is 0.381 e. The Labute approximate surface area is 180 Å². The quantitative estimate of drug-likeness (QED) is 0.273. The molecule has 1 fully saturated rings. The standard InChI is InChI=1S/C22H38N6O2/c1-3-5-14-30-15-8-12-26-22(24-4-2)27-16-18-9-6-11-25-21(18)28-13-7-10-19(17-28)20(23)29/h6,9,11,19H,3-5,7-8,10,12-17H2,1-2H3,(H2,23,29)(H2,24,26,27). The summed E-state index contributed by atoms with van der Waals surface area (Å²) in [6.45, 7) is 9.44. The average molecular weight is 419 g/mol. The molecular weight excluding hydrogens is 380 g/mol. The van der Waals surface area contributed by atoms with Crippen LogP contribution in [0.25, 0.3) is 0 Å². The van der Waals surface area contributed by atoms with E-state index in [0.29, 0.717) is 13.1 Å². The van der Waals surface area contributed by atoms with Crippen LogP contribution < -0.4 is 21.3 Å². The highest BCUT2D eigenvalue weighted by Crippen LogP contribution is 2.24. The molecule has 0 aliphatic carbocycles. The molecule has 0 saturated carbocycles. The molecule has 0 aromatic carbocycles. The molecule has 1 amide bonds. The molecule has 2 heterocycles. The maximum Gasteiger partial charge on any atom is 0.222 e. The van der Waals surface area contributed by atoms with Gasteiger partial charge in [0.05, 0.1) is 12.5 Å². The second kappa shape index (κ2) is 13.8. The number of pyridine rings is 1. The zero-order chi connectivity index (χ0) is 21.6. The number of unbranched alkanes of at least 4 members (excludes halogenated alkanes) is 1. The highest BCUT2D eigenvalue weighted by Gasteiger charge is 2.25. The Hall–Kier alpha value is -2.35. The summed E-state index contributed by atoms with van der Waals surface area (Å²) in [6.07, 6.45) is 6.79. The summed E-state index contributed by atoms with van der Waals surface area (Å²) in [6, 6.07) is 3.97. The van der Waals surface area contributed by atoms with Gasteiger partial charge in [0.2, 0.25) is 5.91 Å². The van der Waals surface area contributed by atoms with Crippen LogP contribution in [0.15, 0.2) is 23.3 Å². The van der Waals surface area contributed by atoms with Crippen molar-refractivity contribution in [1.29, 1.82) is 0 Å². The van der Waals surface area contributed by atoms with Gasteiger partial charge in [-0.25, -0.2) is 9.98 Å². The van der Waals surface area contributed by atoms with E-state index in [1.54, 1.807) is 6.20 Å². The van der Waals surface area contributed by atoms with Crippen LogP contribution in [0, 0.1) is 5.92 Å². The number of primary amides is 1. The van der Waals surface area contributed by atoms with Crippen LogP contribution >= 0.6 is 0 Å². The number of anilines is 1. The van der Waals surface area contributed by atoms with E-state index in [1.165, 1.54) is 0 Å². The fraction of sp³-hybridized carbons (Fsp3) is 0.682. The number of rotatable bonds is 12. The van der Waals surface area contributed by atoms with Gasteiger partial charge in [-0.1, -0.05) is 19.4 Å². The first-order valence-corrected chi connectivity index (χ1v) is 11.2. The van der Waals surface area contributed by atoms with Gasteiger partial charge in [-0.2, -0.15) is 0 Å². The molecule has 1 saturated heterocycles. The number of nitrogens with one attached hydrogen (secondary N) is 2. The number of ether oxygens (including phenoxy) is 1. The lowest BCUT2D eigenvalue weighted by molar-refractivity contribution is -0.122. The Kier molecular flexibility index (Phi) is 11.0. The Morgan fingerprint density at radius 3 is 2.93 bits per heavy atom. The maximum absolute atomic E-state index is 11.6. The molecule has 1 unspecified atom stereocenters. The van der Waals surface area contributed by atoms with Gasteiger partial charge in [0.25, 0.3) is 0 Å². The number of carbonyl (C=O) groups excluding carboxylic acids is 1. The van der Waals surface area contributed by atoms with E-state index in [4.69, 9.17) is 15.5 Å². The minimum absolute atomic E-state index is 0.115. The predicted molar refractivity (Wildman–Crippen MR) is 122 cm³/mol. The highest BCUT2D eigenvalue weighted by atomic mass is 16.5. The molecule has 1 aliphatic rings. The molecule has 1 aliphatic heterocycles. The Balaban J connectivity index is 1.93. The molecule has 0 bridgehead atoms. The predicted octanol–water partition coefficient (Wildman–Crippen LogP) is 2.05. The molecule has 0 radical (unpaired) electrons. The van der Waals surface area contributed by atoms with Crippen LogP contribution in [0.1, 0.15) is 51.5 Å². The summed E-state index contributed by atoms with van der Waals surface area (Å²) in [5, 5.41) is 6.65. The smallest absolute Gasteiger partial charge is 0.222 e. The maximum atomic E-state index is 11.6. The lowest BCUT2D eigenvalue weighted by Crippen LogP contribution is -2.42. The van der Waals surface area contributed by atoms with Crippen molar-refractivity contribution in [2.45, 2.75) is 52.5 Å². The van der Waals surface area contributed by atoms with Crippen molar-refractivity contribution < 1.29 is 9.53 Å². The molecular formula is C22H38N6O2. The lowest BCUT2D eigenvalue weighted by Gasteiger charge is -2.33. The van der Waals surface area contributed by atoms with Crippen LogP contribution in [0.4, 0.5) is 5.82 Å². The van der Waals surface area contributed by atoms with Gasteiger partial charge in [0, 0.05) is 51.2 Å². The van der Waals surface area contributed by atoms with E-state index in [2.05, 4.69) is 34.4 Å². The molecule has 8 heteroatoms.